The Bertz CT molecular complexity index is 957. The first-order chi connectivity index (χ1) is 12.0. The minimum absolute atomic E-state index is 0.0852. The van der Waals surface area contributed by atoms with Crippen LogP contribution < -0.4 is 5.49 Å². The van der Waals surface area contributed by atoms with Gasteiger partial charge in [0, 0.05) is 17.3 Å². The van der Waals surface area contributed by atoms with Crippen LogP contribution in [0, 0.1) is 16.6 Å². The molecular formula is C17H14F3N5. The van der Waals surface area contributed by atoms with Crippen LogP contribution in [-0.4, -0.2) is 26.9 Å². The molecule has 0 aliphatic carbocycles. The molecule has 0 unspecified atom stereocenters. The molecule has 0 radical (unpaired) electrons. The summed E-state index contributed by atoms with van der Waals surface area (Å²) in [4.78, 5) is 4.22. The summed E-state index contributed by atoms with van der Waals surface area (Å²) in [7, 11) is 0. The first-order valence-corrected chi connectivity index (χ1v) is 7.36. The zero-order valence-electron chi connectivity index (χ0n) is 13.0. The van der Waals surface area contributed by atoms with E-state index in [0.717, 1.165) is 6.34 Å². The molecule has 8 heteroatoms. The molecule has 3 aromatic rings. The molecule has 2 heterocycles. The van der Waals surface area contributed by atoms with E-state index >= 15 is 0 Å². The number of alkyl halides is 2. The Labute approximate surface area is 141 Å². The normalized spacial score (nSPS) is 11.0. The van der Waals surface area contributed by atoms with Crippen LogP contribution in [0.4, 0.5) is 13.2 Å². The number of imidazole rings is 1. The summed E-state index contributed by atoms with van der Waals surface area (Å²) in [6.45, 7) is -0.545. The van der Waals surface area contributed by atoms with Gasteiger partial charge in [-0.15, -0.1) is 0 Å². The molecule has 2 N–H and O–H groups in total. The van der Waals surface area contributed by atoms with Crippen molar-refractivity contribution in [2.24, 2.45) is 0 Å². The van der Waals surface area contributed by atoms with E-state index in [0.29, 0.717) is 22.5 Å². The topological polar surface area (TPSA) is 70.5 Å². The van der Waals surface area contributed by atoms with Gasteiger partial charge in [0.2, 0.25) is 0 Å². The van der Waals surface area contributed by atoms with Crippen LogP contribution >= 0.6 is 0 Å². The molecule has 128 valence electrons. The number of hydrogen-bond donors (Lipinski definition) is 2. The Morgan fingerprint density at radius 1 is 1.08 bits per heavy atom. The van der Waals surface area contributed by atoms with Gasteiger partial charge in [0.25, 0.3) is 6.43 Å². The van der Waals surface area contributed by atoms with Gasteiger partial charge in [0.15, 0.2) is 0 Å². The van der Waals surface area contributed by atoms with Crippen molar-refractivity contribution < 1.29 is 13.2 Å². The summed E-state index contributed by atoms with van der Waals surface area (Å²) < 4.78 is 41.6. The molecule has 0 aliphatic rings. The third kappa shape index (κ3) is 3.37. The van der Waals surface area contributed by atoms with Crippen molar-refractivity contribution in [3.05, 3.63) is 60.2 Å². The summed E-state index contributed by atoms with van der Waals surface area (Å²) >= 11 is 0. The standard InChI is InChI=1S/C17H14F3N5/c18-13-4-1-11(2-5-13)16-17(25(10-23-16)8-14(19)20)12-3-6-15(22)24(7-12)9-21/h1-7,9-10,14,21-22H,8H2. The van der Waals surface area contributed by atoms with Crippen molar-refractivity contribution in [2.75, 3.05) is 0 Å². The Kier molecular flexibility index (Phi) is 4.51. The number of pyridine rings is 1. The SMILES string of the molecule is N=Cn1cc(-c2c(-c3ccc(F)cc3)ncn2CC(F)F)ccc1=N. The highest BCUT2D eigenvalue weighted by atomic mass is 19.3. The number of benzene rings is 1. The van der Waals surface area contributed by atoms with E-state index in [1.165, 1.54) is 52.0 Å². The molecule has 25 heavy (non-hydrogen) atoms. The fourth-order valence-corrected chi connectivity index (χ4v) is 2.56. The highest BCUT2D eigenvalue weighted by Gasteiger charge is 2.18. The lowest BCUT2D eigenvalue weighted by atomic mass is 10.1. The van der Waals surface area contributed by atoms with Gasteiger partial charge in [-0.2, -0.15) is 0 Å². The first-order valence-electron chi connectivity index (χ1n) is 7.36. The maximum absolute atomic E-state index is 13.2. The number of nitrogens with zero attached hydrogens (tertiary/aromatic N) is 3. The molecule has 3 rings (SSSR count). The van der Waals surface area contributed by atoms with Gasteiger partial charge in [-0.05, 0) is 36.4 Å². The van der Waals surface area contributed by atoms with E-state index in [1.807, 2.05) is 0 Å². The first kappa shape index (κ1) is 16.7. The summed E-state index contributed by atoms with van der Waals surface area (Å²) in [5.41, 5.74) is 2.04. The van der Waals surface area contributed by atoms with Gasteiger partial charge in [0.05, 0.1) is 30.6 Å². The van der Waals surface area contributed by atoms with E-state index in [2.05, 4.69) is 4.98 Å². The fraction of sp³-hybridized carbons (Fsp3) is 0.118. The molecule has 0 fully saturated rings. The van der Waals surface area contributed by atoms with Crippen molar-refractivity contribution in [3.8, 4) is 22.5 Å². The third-order valence-electron chi connectivity index (χ3n) is 3.68. The number of nitrogens with one attached hydrogen (secondary N) is 2. The predicted octanol–water partition coefficient (Wildman–Crippen LogP) is 3.36. The van der Waals surface area contributed by atoms with Gasteiger partial charge in [-0.3, -0.25) is 15.4 Å². The molecule has 0 bridgehead atoms. The molecule has 5 nitrogen and oxygen atoms in total. The predicted molar refractivity (Wildman–Crippen MR) is 87.1 cm³/mol. The zero-order valence-corrected chi connectivity index (χ0v) is 13.0. The zero-order chi connectivity index (χ0) is 18.0. The van der Waals surface area contributed by atoms with Gasteiger partial charge in [0.1, 0.15) is 11.3 Å². The Morgan fingerprint density at radius 3 is 2.40 bits per heavy atom. The van der Waals surface area contributed by atoms with Gasteiger partial charge in [-0.1, -0.05) is 0 Å². The largest absolute Gasteiger partial charge is 0.324 e. The molecule has 0 saturated carbocycles. The molecule has 0 saturated heterocycles. The van der Waals surface area contributed by atoms with E-state index < -0.39 is 18.8 Å². The van der Waals surface area contributed by atoms with Crippen LogP contribution in [0.1, 0.15) is 0 Å². The molecule has 0 spiro atoms. The second kappa shape index (κ2) is 6.76. The van der Waals surface area contributed by atoms with Gasteiger partial charge in [-0.25, -0.2) is 18.2 Å². The van der Waals surface area contributed by atoms with E-state index in [9.17, 15) is 13.2 Å². The van der Waals surface area contributed by atoms with Crippen LogP contribution in [0.5, 0.6) is 0 Å². The van der Waals surface area contributed by atoms with Crippen molar-refractivity contribution in [3.63, 3.8) is 0 Å². The molecular weight excluding hydrogens is 331 g/mol. The maximum atomic E-state index is 13.2. The molecule has 0 amide bonds. The number of aromatic nitrogens is 3. The lowest BCUT2D eigenvalue weighted by Crippen LogP contribution is -2.18. The van der Waals surface area contributed by atoms with Crippen molar-refractivity contribution in [1.82, 2.24) is 14.1 Å². The van der Waals surface area contributed by atoms with E-state index in [1.54, 1.807) is 6.07 Å². The average molecular weight is 345 g/mol. The monoisotopic (exact) mass is 345 g/mol. The highest BCUT2D eigenvalue weighted by Crippen LogP contribution is 2.31. The second-order valence-electron chi connectivity index (χ2n) is 5.33. The molecule has 1 aromatic carbocycles. The lowest BCUT2D eigenvalue weighted by Gasteiger charge is -2.11. The Balaban J connectivity index is 2.21. The highest BCUT2D eigenvalue weighted by molar-refractivity contribution is 5.78. The number of halogens is 3. The summed E-state index contributed by atoms with van der Waals surface area (Å²) in [5.74, 6) is -0.405. The van der Waals surface area contributed by atoms with Crippen LogP contribution in [0.25, 0.3) is 22.5 Å². The maximum Gasteiger partial charge on any atom is 0.256 e. The smallest absolute Gasteiger partial charge is 0.256 e. The summed E-state index contributed by atoms with van der Waals surface area (Å²) in [6.07, 6.45) is 1.20. The third-order valence-corrected chi connectivity index (χ3v) is 3.68. The quantitative estimate of drug-likeness (QED) is 0.540. The van der Waals surface area contributed by atoms with Crippen LogP contribution in [0.15, 0.2) is 48.9 Å². The van der Waals surface area contributed by atoms with Crippen LogP contribution in [0.3, 0.4) is 0 Å². The van der Waals surface area contributed by atoms with Crippen molar-refractivity contribution in [1.29, 1.82) is 10.8 Å². The molecule has 0 aliphatic heterocycles. The Hall–Kier alpha value is -3.16. The van der Waals surface area contributed by atoms with Gasteiger partial charge < -0.3 is 4.57 Å². The minimum Gasteiger partial charge on any atom is -0.324 e. The van der Waals surface area contributed by atoms with Crippen LogP contribution in [-0.2, 0) is 6.54 Å². The van der Waals surface area contributed by atoms with Crippen LogP contribution in [0.2, 0.25) is 0 Å². The minimum atomic E-state index is -2.57. The lowest BCUT2D eigenvalue weighted by molar-refractivity contribution is 0.127. The van der Waals surface area contributed by atoms with E-state index in [-0.39, 0.29) is 5.49 Å². The van der Waals surface area contributed by atoms with Crippen molar-refractivity contribution in [2.45, 2.75) is 13.0 Å². The number of hydrogen-bond acceptors (Lipinski definition) is 3. The Morgan fingerprint density at radius 2 is 1.76 bits per heavy atom. The molecule has 2 aromatic heterocycles. The molecule has 0 atom stereocenters. The average Bonchev–Trinajstić information content (AvgIpc) is 2.99. The second-order valence-corrected chi connectivity index (χ2v) is 5.33. The fourth-order valence-electron chi connectivity index (χ4n) is 2.56. The summed E-state index contributed by atoms with van der Waals surface area (Å²) in [5, 5.41) is 15.1. The van der Waals surface area contributed by atoms with E-state index in [4.69, 9.17) is 10.8 Å². The van der Waals surface area contributed by atoms with Crippen molar-refractivity contribution >= 4 is 6.34 Å². The van der Waals surface area contributed by atoms with Gasteiger partial charge >= 0.3 is 0 Å². The number of rotatable bonds is 5. The summed E-state index contributed by atoms with van der Waals surface area (Å²) in [6, 6.07) is 8.67.